The first-order valence-electron chi connectivity index (χ1n) is 20.0. The van der Waals surface area contributed by atoms with E-state index in [4.69, 9.17) is 34.7 Å². The number of aliphatic hydroxyl groups is 1. The fourth-order valence-electron chi connectivity index (χ4n) is 6.41. The molecular formula is C40H58FN6O9P. The maximum absolute atomic E-state index is 14.3. The quantitative estimate of drug-likeness (QED) is 0.0298. The average molecular weight is 817 g/mol. The van der Waals surface area contributed by atoms with Crippen LogP contribution in [0.5, 0.6) is 0 Å². The molecule has 1 aliphatic heterocycles. The second-order valence-corrected chi connectivity index (χ2v) is 15.3. The molecule has 3 aromatic rings. The number of halogens is 1. The van der Waals surface area contributed by atoms with Crippen LogP contribution in [0.2, 0.25) is 0 Å². The third-order valence-corrected chi connectivity index (χ3v) is 10.7. The second kappa shape index (κ2) is 23.4. The highest BCUT2D eigenvalue weighted by Gasteiger charge is 2.49. The Hall–Kier alpha value is -3.97. The molecule has 0 bridgehead atoms. The van der Waals surface area contributed by atoms with Crippen molar-refractivity contribution in [1.82, 2.24) is 19.5 Å². The molecule has 0 saturated carbocycles. The van der Waals surface area contributed by atoms with Crippen LogP contribution in [-0.2, 0) is 37.4 Å². The van der Waals surface area contributed by atoms with Crippen LogP contribution in [0.25, 0.3) is 11.2 Å². The van der Waals surface area contributed by atoms with Gasteiger partial charge in [0.05, 0.1) is 32.1 Å². The van der Waals surface area contributed by atoms with Gasteiger partial charge >= 0.3 is 26.3 Å². The van der Waals surface area contributed by atoms with Crippen LogP contribution in [0.3, 0.4) is 0 Å². The van der Waals surface area contributed by atoms with Crippen molar-refractivity contribution in [2.24, 2.45) is 5.73 Å². The number of aromatic nitrogens is 4. The summed E-state index contributed by atoms with van der Waals surface area (Å²) < 4.78 is 57.0. The molecule has 7 atom stereocenters. The van der Waals surface area contributed by atoms with Crippen molar-refractivity contribution in [2.45, 2.75) is 140 Å². The number of ether oxygens (including phenoxy) is 3. The Kier molecular flexibility index (Phi) is 18.8. The first kappa shape index (κ1) is 45.7. The highest BCUT2D eigenvalue weighted by molar-refractivity contribution is 7.33. The molecule has 0 aliphatic carbocycles. The normalized spacial score (nSPS) is 20.0. The number of imidazole rings is 1. The molecule has 4 rings (SSSR count). The van der Waals surface area contributed by atoms with Gasteiger partial charge in [-0.1, -0.05) is 120 Å². The predicted octanol–water partition coefficient (Wildman–Crippen LogP) is 6.30. The number of benzene rings is 1. The SMILES string of the molecule is CCCCCCCCOC(=O)[C@H](C)O[PH](=O)OC[C@@]1(C#CC(c2ccccc2)[C@H](N)C(=O)OCCCCCCCC)O[C@@H](n2cnc3c(N)nc(F)nc32)C[C@@H]1O. The molecule has 0 spiro atoms. The molecule has 314 valence electrons. The number of hydrogen-bond acceptors (Lipinski definition) is 14. The summed E-state index contributed by atoms with van der Waals surface area (Å²) in [5.41, 5.74) is 11.2. The van der Waals surface area contributed by atoms with Gasteiger partial charge in [0.25, 0.3) is 0 Å². The zero-order valence-electron chi connectivity index (χ0n) is 33.2. The molecule has 1 aromatic carbocycles. The molecule has 1 fully saturated rings. The summed E-state index contributed by atoms with van der Waals surface area (Å²) in [4.78, 5) is 37.4. The third-order valence-electron chi connectivity index (χ3n) is 9.76. The summed E-state index contributed by atoms with van der Waals surface area (Å²) in [6.07, 6.45) is 8.63. The Morgan fingerprint density at radius 2 is 1.61 bits per heavy atom. The minimum absolute atomic E-state index is 0.00405. The fourth-order valence-corrected chi connectivity index (χ4v) is 7.20. The summed E-state index contributed by atoms with van der Waals surface area (Å²) in [6.45, 7) is 5.50. The Balaban J connectivity index is 1.54. The van der Waals surface area contributed by atoms with Crippen LogP contribution in [0.4, 0.5) is 10.2 Å². The highest BCUT2D eigenvalue weighted by atomic mass is 31.1. The van der Waals surface area contributed by atoms with Crippen LogP contribution < -0.4 is 11.5 Å². The molecule has 1 aliphatic rings. The van der Waals surface area contributed by atoms with E-state index in [0.29, 0.717) is 18.4 Å². The standard InChI is InChI=1S/C40H58FN6O9P/c1-4-6-8-10-12-17-23-52-37(49)28(3)56-57(51)54-26-40(31(48)25-32(55-40)47-27-44-34-35(43)45-39(41)46-36(34)47)22-21-30(29-19-15-14-16-20-29)33(42)38(50)53-24-18-13-11-9-7-5-2/h14-16,19-20,27-28,30-33,48,57H,4-13,17-18,23-26,42H2,1-3H3,(H2,43,45,46)/t28-,30?,31-,32+,33-,40+/m0/s1. The van der Waals surface area contributed by atoms with Crippen molar-refractivity contribution in [1.29, 1.82) is 0 Å². The molecule has 57 heavy (non-hydrogen) atoms. The molecule has 1 saturated heterocycles. The minimum Gasteiger partial charge on any atom is -0.464 e. The number of unbranched alkanes of at least 4 members (excludes halogenated alkanes) is 10. The number of carbonyl (C=O) groups excluding carboxylic acids is 2. The van der Waals surface area contributed by atoms with Crippen molar-refractivity contribution in [3.8, 4) is 11.8 Å². The third kappa shape index (κ3) is 13.6. The van der Waals surface area contributed by atoms with Gasteiger partial charge in [0.15, 0.2) is 28.7 Å². The van der Waals surface area contributed by atoms with E-state index in [-0.39, 0.29) is 36.6 Å². The van der Waals surface area contributed by atoms with Gasteiger partial charge < -0.3 is 35.3 Å². The summed E-state index contributed by atoms with van der Waals surface area (Å²) in [7, 11) is -3.40. The van der Waals surface area contributed by atoms with Gasteiger partial charge in [0.2, 0.25) is 0 Å². The number of nitrogens with zero attached hydrogens (tertiary/aromatic N) is 4. The lowest BCUT2D eigenvalue weighted by atomic mass is 9.90. The number of rotatable bonds is 24. The number of aliphatic hydroxyl groups excluding tert-OH is 1. The van der Waals surface area contributed by atoms with E-state index in [9.17, 15) is 23.7 Å². The van der Waals surface area contributed by atoms with Gasteiger partial charge in [-0.15, -0.1) is 0 Å². The van der Waals surface area contributed by atoms with E-state index < -0.39 is 68.9 Å². The van der Waals surface area contributed by atoms with Gasteiger partial charge in [0, 0.05) is 6.42 Å². The number of esters is 2. The van der Waals surface area contributed by atoms with Crippen molar-refractivity contribution < 1.29 is 46.9 Å². The molecule has 0 amide bonds. The molecule has 17 heteroatoms. The number of carbonyl (C=O) groups is 2. The second-order valence-electron chi connectivity index (χ2n) is 14.3. The van der Waals surface area contributed by atoms with Crippen molar-refractivity contribution >= 4 is 37.2 Å². The van der Waals surface area contributed by atoms with Crippen LogP contribution in [0, 0.1) is 17.9 Å². The monoisotopic (exact) mass is 816 g/mol. The lowest BCUT2D eigenvalue weighted by Gasteiger charge is -2.27. The van der Waals surface area contributed by atoms with Gasteiger partial charge in [-0.2, -0.15) is 14.4 Å². The van der Waals surface area contributed by atoms with Crippen LogP contribution in [0.1, 0.15) is 122 Å². The molecule has 3 heterocycles. The van der Waals surface area contributed by atoms with Crippen LogP contribution in [-0.4, -0.2) is 80.2 Å². The molecule has 2 aromatic heterocycles. The van der Waals surface area contributed by atoms with E-state index in [2.05, 4.69) is 40.6 Å². The Morgan fingerprint density at radius 3 is 2.26 bits per heavy atom. The van der Waals surface area contributed by atoms with E-state index in [1.54, 1.807) is 30.3 Å². The van der Waals surface area contributed by atoms with Crippen molar-refractivity contribution in [3.05, 3.63) is 48.3 Å². The Morgan fingerprint density at radius 1 is 1.00 bits per heavy atom. The maximum atomic E-state index is 14.3. The molecular weight excluding hydrogens is 758 g/mol. The van der Waals surface area contributed by atoms with Gasteiger partial charge in [-0.05, 0) is 25.3 Å². The maximum Gasteiger partial charge on any atom is 0.335 e. The molecule has 5 N–H and O–H groups in total. The Labute approximate surface area is 334 Å². The zero-order chi connectivity index (χ0) is 41.2. The minimum atomic E-state index is -3.40. The smallest absolute Gasteiger partial charge is 0.335 e. The zero-order valence-corrected chi connectivity index (χ0v) is 34.2. The van der Waals surface area contributed by atoms with E-state index in [1.165, 1.54) is 17.8 Å². The lowest BCUT2D eigenvalue weighted by molar-refractivity contribution is -0.151. The number of fused-ring (bicyclic) bond motifs is 1. The summed E-state index contributed by atoms with van der Waals surface area (Å²) >= 11 is 0. The topological polar surface area (TPSA) is 213 Å². The lowest BCUT2D eigenvalue weighted by Crippen LogP contribution is -2.43. The number of hydrogen-bond donors (Lipinski definition) is 3. The first-order chi connectivity index (χ1) is 27.5. The molecule has 15 nitrogen and oxygen atoms in total. The largest absolute Gasteiger partial charge is 0.464 e. The molecule has 0 radical (unpaired) electrons. The van der Waals surface area contributed by atoms with Gasteiger partial charge in [0.1, 0.15) is 18.4 Å². The fraction of sp³-hybridized carbons (Fsp3) is 0.625. The first-order valence-corrected chi connectivity index (χ1v) is 21.2. The van der Waals surface area contributed by atoms with Crippen LogP contribution >= 0.6 is 8.25 Å². The van der Waals surface area contributed by atoms with E-state index in [0.717, 1.165) is 64.2 Å². The Bertz CT molecular complexity index is 1810. The molecule has 2 unspecified atom stereocenters. The van der Waals surface area contributed by atoms with Gasteiger partial charge in [-0.3, -0.25) is 18.5 Å². The highest BCUT2D eigenvalue weighted by Crippen LogP contribution is 2.41. The van der Waals surface area contributed by atoms with Crippen LogP contribution in [0.15, 0.2) is 36.7 Å². The summed E-state index contributed by atoms with van der Waals surface area (Å²) in [6, 6.07) is 7.64. The average Bonchev–Trinajstić information content (AvgIpc) is 3.77. The number of nitrogens with two attached hydrogens (primary N) is 2. The number of anilines is 1. The summed E-state index contributed by atoms with van der Waals surface area (Å²) in [5, 5.41) is 11.6. The van der Waals surface area contributed by atoms with Gasteiger partial charge in [-0.25, -0.2) is 9.78 Å². The predicted molar refractivity (Wildman–Crippen MR) is 212 cm³/mol. The number of nitrogen functional groups attached to an aromatic ring is 1. The van der Waals surface area contributed by atoms with E-state index >= 15 is 0 Å². The summed E-state index contributed by atoms with van der Waals surface area (Å²) in [5.74, 6) is 3.51. The van der Waals surface area contributed by atoms with E-state index in [1.807, 2.05) is 0 Å². The van der Waals surface area contributed by atoms with Crippen molar-refractivity contribution in [2.75, 3.05) is 25.6 Å². The van der Waals surface area contributed by atoms with Crippen molar-refractivity contribution in [3.63, 3.8) is 0 Å².